The number of aliphatic hydroxyl groups excluding tert-OH is 3. The molecule has 5 heteroatoms. The largest absolute Gasteiger partial charge is 0.395 e. The minimum atomic E-state index is -0.869. The predicted molar refractivity (Wildman–Crippen MR) is 57.5 cm³/mol. The van der Waals surface area contributed by atoms with Crippen molar-refractivity contribution in [2.24, 2.45) is 0 Å². The van der Waals surface area contributed by atoms with Crippen molar-refractivity contribution in [3.05, 3.63) is 30.1 Å². The van der Waals surface area contributed by atoms with Crippen molar-refractivity contribution in [1.82, 2.24) is 9.88 Å². The third-order valence-corrected chi connectivity index (χ3v) is 3.00. The molecular weight excluding hydrogens is 208 g/mol. The second-order valence-corrected chi connectivity index (χ2v) is 4.09. The summed E-state index contributed by atoms with van der Waals surface area (Å²) >= 11 is 0. The first-order valence-corrected chi connectivity index (χ1v) is 5.32. The molecule has 0 radical (unpaired) electrons. The third kappa shape index (κ3) is 2.22. The van der Waals surface area contributed by atoms with E-state index in [2.05, 4.69) is 4.98 Å². The van der Waals surface area contributed by atoms with Gasteiger partial charge in [-0.05, 0) is 17.7 Å². The van der Waals surface area contributed by atoms with Gasteiger partial charge in [-0.3, -0.25) is 9.88 Å². The summed E-state index contributed by atoms with van der Waals surface area (Å²) in [5.41, 5.74) is 1.05. The van der Waals surface area contributed by atoms with E-state index in [4.69, 9.17) is 0 Å². The number of aliphatic hydroxyl groups is 3. The molecule has 88 valence electrons. The van der Waals surface area contributed by atoms with Crippen LogP contribution in [-0.4, -0.2) is 56.6 Å². The second-order valence-electron chi connectivity index (χ2n) is 4.09. The van der Waals surface area contributed by atoms with E-state index in [-0.39, 0.29) is 12.6 Å². The van der Waals surface area contributed by atoms with Gasteiger partial charge in [-0.15, -0.1) is 0 Å². The molecule has 0 saturated carbocycles. The average molecular weight is 224 g/mol. The fourth-order valence-electron chi connectivity index (χ4n) is 2.08. The van der Waals surface area contributed by atoms with Crippen molar-refractivity contribution in [3.8, 4) is 0 Å². The minimum absolute atomic E-state index is 0.149. The maximum atomic E-state index is 9.64. The van der Waals surface area contributed by atoms with E-state index in [1.165, 1.54) is 0 Å². The molecule has 1 aliphatic heterocycles. The Morgan fingerprint density at radius 1 is 1.31 bits per heavy atom. The molecule has 1 saturated heterocycles. The Hall–Kier alpha value is -1.01. The highest BCUT2D eigenvalue weighted by atomic mass is 16.3. The number of hydrogen-bond acceptors (Lipinski definition) is 5. The zero-order valence-electron chi connectivity index (χ0n) is 8.90. The van der Waals surface area contributed by atoms with Crippen molar-refractivity contribution < 1.29 is 15.3 Å². The monoisotopic (exact) mass is 224 g/mol. The minimum Gasteiger partial charge on any atom is -0.395 e. The maximum Gasteiger partial charge on any atom is 0.0988 e. The number of β-amino-alcohol motifs (C(OH)–C–C–N with tert-alkyl or cyclic N) is 1. The molecule has 1 aromatic heterocycles. The fraction of sp³-hybridized carbons (Fsp3) is 0.545. The van der Waals surface area contributed by atoms with Crippen molar-refractivity contribution in [3.63, 3.8) is 0 Å². The molecule has 0 unspecified atom stereocenters. The molecular formula is C11H16N2O3. The lowest BCUT2D eigenvalue weighted by Gasteiger charge is -2.23. The molecule has 2 heterocycles. The van der Waals surface area contributed by atoms with Gasteiger partial charge in [-0.2, -0.15) is 0 Å². The van der Waals surface area contributed by atoms with E-state index < -0.39 is 12.2 Å². The first kappa shape index (κ1) is 11.5. The van der Waals surface area contributed by atoms with Gasteiger partial charge in [-0.1, -0.05) is 0 Å². The highest BCUT2D eigenvalue weighted by Gasteiger charge is 2.38. The quantitative estimate of drug-likeness (QED) is 0.612. The number of likely N-dealkylation sites (tertiary alicyclic amines) is 1. The van der Waals surface area contributed by atoms with Crippen molar-refractivity contribution >= 4 is 0 Å². The molecule has 1 aromatic rings. The van der Waals surface area contributed by atoms with Gasteiger partial charge in [0, 0.05) is 25.5 Å². The lowest BCUT2D eigenvalue weighted by molar-refractivity contribution is 0.0210. The first-order chi connectivity index (χ1) is 7.72. The molecule has 1 fully saturated rings. The van der Waals surface area contributed by atoms with Gasteiger partial charge in [0.15, 0.2) is 0 Å². The van der Waals surface area contributed by atoms with Gasteiger partial charge in [0.1, 0.15) is 0 Å². The Labute approximate surface area is 94.0 Å². The van der Waals surface area contributed by atoms with E-state index in [0.717, 1.165) is 5.56 Å². The summed E-state index contributed by atoms with van der Waals surface area (Å²) in [6.45, 7) is 0.833. The standard InChI is InChI=1S/C11H16N2O3/c14-7-9-11(16)10(15)6-13(9)5-8-1-3-12-4-2-8/h1-4,9-11,14-16H,5-7H2/t9-,10+,11-/m1/s1. The Morgan fingerprint density at radius 3 is 2.62 bits per heavy atom. The van der Waals surface area contributed by atoms with Gasteiger partial charge < -0.3 is 15.3 Å². The van der Waals surface area contributed by atoms with Crippen LogP contribution in [0.15, 0.2) is 24.5 Å². The van der Waals surface area contributed by atoms with Crippen molar-refractivity contribution in [2.75, 3.05) is 13.2 Å². The molecule has 2 rings (SSSR count). The van der Waals surface area contributed by atoms with E-state index in [1.807, 2.05) is 17.0 Å². The van der Waals surface area contributed by atoms with E-state index in [1.54, 1.807) is 12.4 Å². The number of nitrogens with zero attached hydrogens (tertiary/aromatic N) is 2. The van der Waals surface area contributed by atoms with Crippen LogP contribution in [0.5, 0.6) is 0 Å². The Balaban J connectivity index is 2.05. The highest BCUT2D eigenvalue weighted by molar-refractivity contribution is 5.10. The van der Waals surface area contributed by atoms with Crippen LogP contribution in [0, 0.1) is 0 Å². The Kier molecular flexibility index (Phi) is 3.50. The van der Waals surface area contributed by atoms with Gasteiger partial charge in [0.25, 0.3) is 0 Å². The molecule has 0 bridgehead atoms. The van der Waals surface area contributed by atoms with Crippen molar-refractivity contribution in [2.45, 2.75) is 24.8 Å². The van der Waals surface area contributed by atoms with E-state index >= 15 is 0 Å². The molecule has 0 aliphatic carbocycles. The lowest BCUT2D eigenvalue weighted by Crippen LogP contribution is -2.38. The summed E-state index contributed by atoms with van der Waals surface area (Å²) in [4.78, 5) is 5.80. The van der Waals surface area contributed by atoms with Crippen LogP contribution in [0.3, 0.4) is 0 Å². The summed E-state index contributed by atoms with van der Waals surface area (Å²) in [6.07, 6.45) is 1.75. The molecule has 0 aromatic carbocycles. The molecule has 3 N–H and O–H groups in total. The summed E-state index contributed by atoms with van der Waals surface area (Å²) in [5.74, 6) is 0. The normalized spacial score (nSPS) is 30.8. The third-order valence-electron chi connectivity index (χ3n) is 3.00. The van der Waals surface area contributed by atoms with Crippen molar-refractivity contribution in [1.29, 1.82) is 0 Å². The number of rotatable bonds is 3. The van der Waals surface area contributed by atoms with Crippen LogP contribution in [-0.2, 0) is 6.54 Å². The van der Waals surface area contributed by atoms with Crippen LogP contribution in [0.1, 0.15) is 5.56 Å². The number of aromatic nitrogens is 1. The van der Waals surface area contributed by atoms with E-state index in [0.29, 0.717) is 13.1 Å². The predicted octanol–water partition coefficient (Wildman–Crippen LogP) is -1.02. The van der Waals surface area contributed by atoms with Crippen LogP contribution in [0.25, 0.3) is 0 Å². The molecule has 0 spiro atoms. The van der Waals surface area contributed by atoms with Gasteiger partial charge in [0.2, 0.25) is 0 Å². The summed E-state index contributed by atoms with van der Waals surface area (Å²) in [5, 5.41) is 28.4. The van der Waals surface area contributed by atoms with Crippen LogP contribution in [0.4, 0.5) is 0 Å². The Bertz CT molecular complexity index is 333. The summed E-state index contributed by atoms with van der Waals surface area (Å²) < 4.78 is 0. The van der Waals surface area contributed by atoms with E-state index in [9.17, 15) is 15.3 Å². The SMILES string of the molecule is OC[C@@H]1[C@@H](O)[C@@H](O)CN1Cc1ccncc1. The second kappa shape index (κ2) is 4.88. The molecule has 3 atom stereocenters. The highest BCUT2D eigenvalue weighted by Crippen LogP contribution is 2.20. The molecule has 16 heavy (non-hydrogen) atoms. The molecule has 1 aliphatic rings. The molecule has 5 nitrogen and oxygen atoms in total. The van der Waals surface area contributed by atoms with Gasteiger partial charge in [0.05, 0.1) is 24.9 Å². The number of pyridine rings is 1. The zero-order chi connectivity index (χ0) is 11.5. The van der Waals surface area contributed by atoms with Gasteiger partial charge in [-0.25, -0.2) is 0 Å². The fourth-order valence-corrected chi connectivity index (χ4v) is 2.08. The first-order valence-electron chi connectivity index (χ1n) is 5.32. The topological polar surface area (TPSA) is 76.8 Å². The van der Waals surface area contributed by atoms with Crippen LogP contribution >= 0.6 is 0 Å². The summed E-state index contributed by atoms with van der Waals surface area (Å²) in [7, 11) is 0. The smallest absolute Gasteiger partial charge is 0.0988 e. The van der Waals surface area contributed by atoms with Crippen LogP contribution < -0.4 is 0 Å². The molecule has 0 amide bonds. The lowest BCUT2D eigenvalue weighted by atomic mass is 10.1. The number of hydrogen-bond donors (Lipinski definition) is 3. The Morgan fingerprint density at radius 2 is 2.00 bits per heavy atom. The maximum absolute atomic E-state index is 9.64. The summed E-state index contributed by atoms with van der Waals surface area (Å²) in [6, 6.07) is 3.37. The van der Waals surface area contributed by atoms with Gasteiger partial charge >= 0.3 is 0 Å². The average Bonchev–Trinajstić information content (AvgIpc) is 2.56. The van der Waals surface area contributed by atoms with Crippen LogP contribution in [0.2, 0.25) is 0 Å². The zero-order valence-corrected chi connectivity index (χ0v) is 8.90.